The number of aromatic nitrogens is 1. The van der Waals surface area contributed by atoms with E-state index in [1.54, 1.807) is 42.5 Å². The van der Waals surface area contributed by atoms with Gasteiger partial charge >= 0.3 is 0 Å². The van der Waals surface area contributed by atoms with E-state index in [0.29, 0.717) is 28.6 Å². The summed E-state index contributed by atoms with van der Waals surface area (Å²) in [6.07, 6.45) is 1.51. The largest absolute Gasteiger partial charge is 0.454 e. The molecule has 1 aromatic heterocycles. The number of carbonyl (C=O) groups excluding carboxylic acids is 1. The number of nitrogens with one attached hydrogen (secondary N) is 2. The zero-order valence-corrected chi connectivity index (χ0v) is 13.5. The molecule has 0 fully saturated rings. The van der Waals surface area contributed by atoms with Gasteiger partial charge in [0.05, 0.1) is 0 Å². The highest BCUT2D eigenvalue weighted by molar-refractivity contribution is 6.03. The van der Waals surface area contributed by atoms with E-state index in [1.165, 1.54) is 18.3 Å². The van der Waals surface area contributed by atoms with E-state index in [2.05, 4.69) is 15.6 Å². The quantitative estimate of drug-likeness (QED) is 0.745. The number of rotatable bonds is 4. The lowest BCUT2D eigenvalue weighted by atomic mass is 10.2. The van der Waals surface area contributed by atoms with Crippen molar-refractivity contribution in [2.24, 2.45) is 0 Å². The molecule has 2 N–H and O–H groups in total. The Kier molecular flexibility index (Phi) is 4.10. The van der Waals surface area contributed by atoms with E-state index in [4.69, 9.17) is 9.47 Å². The van der Waals surface area contributed by atoms with Crippen molar-refractivity contribution in [3.05, 3.63) is 72.3 Å². The predicted octanol–water partition coefficient (Wildman–Crippen LogP) is 3.95. The molecule has 1 aliphatic heterocycles. The average Bonchev–Trinajstić information content (AvgIpc) is 3.10. The zero-order chi connectivity index (χ0) is 17.9. The van der Waals surface area contributed by atoms with Crippen LogP contribution in [0.25, 0.3) is 0 Å². The third-order valence-corrected chi connectivity index (χ3v) is 3.74. The van der Waals surface area contributed by atoms with Gasteiger partial charge in [0, 0.05) is 29.3 Å². The fraction of sp³-hybridized carbons (Fsp3) is 0.0526. The summed E-state index contributed by atoms with van der Waals surface area (Å²) in [5.74, 6) is 0.510. The molecular weight excluding hydrogens is 337 g/mol. The van der Waals surface area contributed by atoms with Gasteiger partial charge < -0.3 is 20.1 Å². The molecule has 0 radical (unpaired) electrons. The molecule has 0 saturated heterocycles. The topological polar surface area (TPSA) is 72.5 Å². The van der Waals surface area contributed by atoms with Crippen LogP contribution in [-0.2, 0) is 0 Å². The Morgan fingerprint density at radius 1 is 0.962 bits per heavy atom. The van der Waals surface area contributed by atoms with Crippen LogP contribution in [0.3, 0.4) is 0 Å². The lowest BCUT2D eigenvalue weighted by Crippen LogP contribution is -2.13. The van der Waals surface area contributed by atoms with Gasteiger partial charge in [0.15, 0.2) is 11.5 Å². The van der Waals surface area contributed by atoms with E-state index in [0.717, 1.165) is 0 Å². The highest BCUT2D eigenvalue weighted by atomic mass is 19.1. The van der Waals surface area contributed by atoms with Crippen LogP contribution in [0.2, 0.25) is 0 Å². The molecule has 4 rings (SSSR count). The SMILES string of the molecule is O=C(Nc1ccc2c(c1)OCO2)c1cc(Nc2cccc(F)c2)ccn1. The van der Waals surface area contributed by atoms with Crippen molar-refractivity contribution in [3.63, 3.8) is 0 Å². The van der Waals surface area contributed by atoms with E-state index >= 15 is 0 Å². The van der Waals surface area contributed by atoms with Crippen molar-refractivity contribution in [2.75, 3.05) is 17.4 Å². The van der Waals surface area contributed by atoms with Gasteiger partial charge in [-0.05, 0) is 42.5 Å². The molecule has 1 amide bonds. The fourth-order valence-corrected chi connectivity index (χ4v) is 2.53. The lowest BCUT2D eigenvalue weighted by Gasteiger charge is -2.09. The molecular formula is C19H14FN3O3. The summed E-state index contributed by atoms with van der Waals surface area (Å²) in [6, 6.07) is 14.5. The number of nitrogens with zero attached hydrogens (tertiary/aromatic N) is 1. The second-order valence-corrected chi connectivity index (χ2v) is 5.59. The van der Waals surface area contributed by atoms with E-state index in [1.807, 2.05) is 0 Å². The van der Waals surface area contributed by atoms with Crippen molar-refractivity contribution < 1.29 is 18.7 Å². The third-order valence-electron chi connectivity index (χ3n) is 3.74. The average molecular weight is 351 g/mol. The predicted molar refractivity (Wildman–Crippen MR) is 94.4 cm³/mol. The van der Waals surface area contributed by atoms with Gasteiger partial charge in [0.1, 0.15) is 11.5 Å². The van der Waals surface area contributed by atoms with Crippen LogP contribution in [0.15, 0.2) is 60.8 Å². The molecule has 0 aliphatic carbocycles. The molecule has 130 valence electrons. The monoisotopic (exact) mass is 351 g/mol. The van der Waals surface area contributed by atoms with Crippen LogP contribution in [0.1, 0.15) is 10.5 Å². The number of fused-ring (bicyclic) bond motifs is 1. The summed E-state index contributed by atoms with van der Waals surface area (Å²) >= 11 is 0. The molecule has 6 nitrogen and oxygen atoms in total. The third kappa shape index (κ3) is 3.41. The molecule has 26 heavy (non-hydrogen) atoms. The normalized spacial score (nSPS) is 11.9. The highest BCUT2D eigenvalue weighted by Crippen LogP contribution is 2.34. The molecule has 2 heterocycles. The Morgan fingerprint density at radius 3 is 2.69 bits per heavy atom. The van der Waals surface area contributed by atoms with E-state index in [-0.39, 0.29) is 24.2 Å². The van der Waals surface area contributed by atoms with E-state index < -0.39 is 0 Å². The first-order chi connectivity index (χ1) is 12.7. The Labute approximate surface area is 148 Å². The van der Waals surface area contributed by atoms with Crippen LogP contribution in [0, 0.1) is 5.82 Å². The minimum absolute atomic E-state index is 0.169. The summed E-state index contributed by atoms with van der Waals surface area (Å²) in [5.41, 5.74) is 2.01. The van der Waals surface area contributed by atoms with Crippen molar-refractivity contribution in [2.45, 2.75) is 0 Å². The molecule has 0 bridgehead atoms. The van der Waals surface area contributed by atoms with Crippen molar-refractivity contribution in [1.82, 2.24) is 4.98 Å². The molecule has 3 aromatic rings. The summed E-state index contributed by atoms with van der Waals surface area (Å²) < 4.78 is 23.8. The number of halogens is 1. The first kappa shape index (κ1) is 15.9. The number of amides is 1. The smallest absolute Gasteiger partial charge is 0.274 e. The number of ether oxygens (including phenoxy) is 2. The fourth-order valence-electron chi connectivity index (χ4n) is 2.53. The number of anilines is 3. The zero-order valence-electron chi connectivity index (χ0n) is 13.5. The van der Waals surface area contributed by atoms with Crippen LogP contribution in [0.4, 0.5) is 21.5 Å². The van der Waals surface area contributed by atoms with E-state index in [9.17, 15) is 9.18 Å². The molecule has 0 unspecified atom stereocenters. The highest BCUT2D eigenvalue weighted by Gasteiger charge is 2.15. The van der Waals surface area contributed by atoms with Crippen LogP contribution in [0.5, 0.6) is 11.5 Å². The molecule has 0 atom stereocenters. The van der Waals surface area contributed by atoms with Gasteiger partial charge in [-0.3, -0.25) is 9.78 Å². The Balaban J connectivity index is 1.49. The molecule has 2 aromatic carbocycles. The first-order valence-electron chi connectivity index (χ1n) is 7.87. The number of hydrogen-bond donors (Lipinski definition) is 2. The Hall–Kier alpha value is -3.61. The number of carbonyl (C=O) groups is 1. The van der Waals surface area contributed by atoms with Gasteiger partial charge in [0.25, 0.3) is 5.91 Å². The lowest BCUT2D eigenvalue weighted by molar-refractivity contribution is 0.102. The second-order valence-electron chi connectivity index (χ2n) is 5.59. The van der Waals surface area contributed by atoms with Crippen LogP contribution >= 0.6 is 0 Å². The number of benzene rings is 2. The van der Waals surface area contributed by atoms with Crippen LogP contribution < -0.4 is 20.1 Å². The van der Waals surface area contributed by atoms with Crippen molar-refractivity contribution in [1.29, 1.82) is 0 Å². The minimum atomic E-state index is -0.369. The van der Waals surface area contributed by atoms with Gasteiger partial charge in [-0.15, -0.1) is 0 Å². The molecule has 0 spiro atoms. The maximum absolute atomic E-state index is 13.3. The Morgan fingerprint density at radius 2 is 1.81 bits per heavy atom. The number of pyridine rings is 1. The summed E-state index contributed by atoms with van der Waals surface area (Å²) in [5, 5.41) is 5.80. The standard InChI is InChI=1S/C19H14FN3O3/c20-12-2-1-3-13(8-12)22-15-6-7-21-16(9-15)19(24)23-14-4-5-17-18(10-14)26-11-25-17/h1-10H,11H2,(H,21,22)(H,23,24). The molecule has 1 aliphatic rings. The molecule has 0 saturated carbocycles. The maximum Gasteiger partial charge on any atom is 0.274 e. The van der Waals surface area contributed by atoms with Gasteiger partial charge in [-0.25, -0.2) is 4.39 Å². The summed E-state index contributed by atoms with van der Waals surface area (Å²) in [6.45, 7) is 0.169. The summed E-state index contributed by atoms with van der Waals surface area (Å²) in [7, 11) is 0. The minimum Gasteiger partial charge on any atom is -0.454 e. The van der Waals surface area contributed by atoms with Crippen molar-refractivity contribution >= 4 is 23.0 Å². The number of hydrogen-bond acceptors (Lipinski definition) is 5. The van der Waals surface area contributed by atoms with Gasteiger partial charge in [-0.1, -0.05) is 6.07 Å². The summed E-state index contributed by atoms with van der Waals surface area (Å²) in [4.78, 5) is 16.5. The van der Waals surface area contributed by atoms with Crippen LogP contribution in [-0.4, -0.2) is 17.7 Å². The molecule has 7 heteroatoms. The second kappa shape index (κ2) is 6.72. The van der Waals surface area contributed by atoms with Crippen molar-refractivity contribution in [3.8, 4) is 11.5 Å². The maximum atomic E-state index is 13.3. The Bertz CT molecular complexity index is 978. The first-order valence-corrected chi connectivity index (χ1v) is 7.87. The van der Waals surface area contributed by atoms with Gasteiger partial charge in [0.2, 0.25) is 6.79 Å². The van der Waals surface area contributed by atoms with Gasteiger partial charge in [-0.2, -0.15) is 0 Å².